The van der Waals surface area contributed by atoms with Crippen molar-refractivity contribution in [3.8, 4) is 0 Å². The van der Waals surface area contributed by atoms with Gasteiger partial charge in [-0.2, -0.15) is 0 Å². The van der Waals surface area contributed by atoms with Crippen LogP contribution in [0.25, 0.3) is 0 Å². The van der Waals surface area contributed by atoms with Crippen molar-refractivity contribution >= 4 is 0 Å². The summed E-state index contributed by atoms with van der Waals surface area (Å²) in [6.45, 7) is 26.8. The average Bonchev–Trinajstić information content (AvgIpc) is 2.24. The van der Waals surface area contributed by atoms with Crippen molar-refractivity contribution in [2.45, 2.75) is 89.0 Å². The number of rotatable bonds is 7. The summed E-state index contributed by atoms with van der Waals surface area (Å²) < 4.78 is 0. The predicted molar refractivity (Wildman–Crippen MR) is 89.4 cm³/mol. The summed E-state index contributed by atoms with van der Waals surface area (Å²) in [4.78, 5) is 0. The zero-order chi connectivity index (χ0) is 15.6. The van der Waals surface area contributed by atoms with Crippen LogP contribution < -0.4 is 0 Å². The quantitative estimate of drug-likeness (QED) is 0.476. The molecule has 0 rings (SSSR count). The molecule has 0 aliphatic heterocycles. The van der Waals surface area contributed by atoms with Crippen molar-refractivity contribution in [2.75, 3.05) is 0 Å². The molecule has 2 unspecified atom stereocenters. The van der Waals surface area contributed by atoms with Gasteiger partial charge in [-0.05, 0) is 40.4 Å². The summed E-state index contributed by atoms with van der Waals surface area (Å²) in [5.74, 6) is 2.21. The monoisotopic (exact) mass is 268 g/mol. The second-order valence-electron chi connectivity index (χ2n) is 9.05. The maximum atomic E-state index is 2.54. The predicted octanol–water partition coefficient (Wildman–Crippen LogP) is 6.79. The standard InChI is InChI=1S/C19H40/c1-12-17(7,8)13-18(9,10)19(11,15(4)5)16(6)14(2)3/h14-16H,12-13H2,1-11H3. The van der Waals surface area contributed by atoms with E-state index in [0.717, 1.165) is 11.8 Å². The highest BCUT2D eigenvalue weighted by Gasteiger charge is 2.49. The van der Waals surface area contributed by atoms with E-state index in [2.05, 4.69) is 76.2 Å². The van der Waals surface area contributed by atoms with Crippen molar-refractivity contribution in [3.05, 3.63) is 0 Å². The fourth-order valence-electron chi connectivity index (χ4n) is 4.13. The Morgan fingerprint density at radius 2 is 1.21 bits per heavy atom. The molecular formula is C19H40. The van der Waals surface area contributed by atoms with E-state index in [9.17, 15) is 0 Å². The van der Waals surface area contributed by atoms with Crippen molar-refractivity contribution < 1.29 is 0 Å². The van der Waals surface area contributed by atoms with Crippen LogP contribution in [0.4, 0.5) is 0 Å². The fraction of sp³-hybridized carbons (Fsp3) is 1.00. The molecule has 0 aromatic rings. The minimum atomic E-state index is 0.365. The zero-order valence-electron chi connectivity index (χ0n) is 15.6. The summed E-state index contributed by atoms with van der Waals surface area (Å²) in [5.41, 5.74) is 1.19. The first kappa shape index (κ1) is 19.0. The molecular weight excluding hydrogens is 228 g/mol. The first-order chi connectivity index (χ1) is 8.32. The van der Waals surface area contributed by atoms with E-state index in [1.165, 1.54) is 12.8 Å². The zero-order valence-corrected chi connectivity index (χ0v) is 15.6. The number of hydrogen-bond donors (Lipinski definition) is 0. The van der Waals surface area contributed by atoms with Gasteiger partial charge in [0.15, 0.2) is 0 Å². The first-order valence-corrected chi connectivity index (χ1v) is 8.32. The third-order valence-corrected chi connectivity index (χ3v) is 6.48. The van der Waals surface area contributed by atoms with Gasteiger partial charge in [-0.3, -0.25) is 0 Å². The van der Waals surface area contributed by atoms with E-state index in [1.807, 2.05) is 0 Å². The summed E-state index contributed by atoms with van der Waals surface area (Å²) in [5, 5.41) is 0. The van der Waals surface area contributed by atoms with Gasteiger partial charge in [0.05, 0.1) is 0 Å². The molecule has 0 aliphatic carbocycles. The van der Waals surface area contributed by atoms with E-state index in [4.69, 9.17) is 0 Å². The minimum Gasteiger partial charge on any atom is -0.0649 e. The van der Waals surface area contributed by atoms with E-state index in [1.54, 1.807) is 0 Å². The topological polar surface area (TPSA) is 0 Å². The van der Waals surface area contributed by atoms with Gasteiger partial charge in [-0.1, -0.05) is 82.6 Å². The van der Waals surface area contributed by atoms with E-state index in [-0.39, 0.29) is 0 Å². The van der Waals surface area contributed by atoms with Crippen molar-refractivity contribution in [1.82, 2.24) is 0 Å². The minimum absolute atomic E-state index is 0.365. The molecule has 19 heavy (non-hydrogen) atoms. The molecule has 0 fully saturated rings. The van der Waals surface area contributed by atoms with Gasteiger partial charge in [0.1, 0.15) is 0 Å². The fourth-order valence-corrected chi connectivity index (χ4v) is 4.13. The number of hydrogen-bond acceptors (Lipinski definition) is 0. The lowest BCUT2D eigenvalue weighted by molar-refractivity contribution is -0.0616. The van der Waals surface area contributed by atoms with Crippen LogP contribution >= 0.6 is 0 Å². The smallest absolute Gasteiger partial charge is 0.0223 e. The van der Waals surface area contributed by atoms with Crippen LogP contribution in [-0.4, -0.2) is 0 Å². The third kappa shape index (κ3) is 3.99. The Kier molecular flexibility index (Phi) is 6.19. The van der Waals surface area contributed by atoms with Crippen LogP contribution in [0.15, 0.2) is 0 Å². The van der Waals surface area contributed by atoms with Gasteiger partial charge < -0.3 is 0 Å². The lowest BCUT2D eigenvalue weighted by Crippen LogP contribution is -2.48. The Morgan fingerprint density at radius 3 is 1.47 bits per heavy atom. The summed E-state index contributed by atoms with van der Waals surface area (Å²) in [7, 11) is 0. The highest BCUT2D eigenvalue weighted by molar-refractivity contribution is 4.98. The Labute approximate surface area is 123 Å². The average molecular weight is 269 g/mol. The lowest BCUT2D eigenvalue weighted by Gasteiger charge is -2.55. The van der Waals surface area contributed by atoms with Crippen LogP contribution in [0.5, 0.6) is 0 Å². The largest absolute Gasteiger partial charge is 0.0649 e. The molecule has 0 nitrogen and oxygen atoms in total. The maximum Gasteiger partial charge on any atom is -0.0223 e. The molecule has 0 saturated heterocycles. The molecule has 0 spiro atoms. The second-order valence-corrected chi connectivity index (χ2v) is 9.05. The summed E-state index contributed by atoms with van der Waals surface area (Å²) in [6.07, 6.45) is 2.57. The molecule has 0 heteroatoms. The van der Waals surface area contributed by atoms with Gasteiger partial charge in [-0.15, -0.1) is 0 Å². The van der Waals surface area contributed by atoms with Gasteiger partial charge in [-0.25, -0.2) is 0 Å². The molecule has 116 valence electrons. The first-order valence-electron chi connectivity index (χ1n) is 8.32. The van der Waals surface area contributed by atoms with E-state index in [0.29, 0.717) is 22.2 Å². The molecule has 0 heterocycles. The van der Waals surface area contributed by atoms with E-state index >= 15 is 0 Å². The van der Waals surface area contributed by atoms with Crippen LogP contribution in [0.1, 0.15) is 89.0 Å². The summed E-state index contributed by atoms with van der Waals surface area (Å²) in [6, 6.07) is 0. The van der Waals surface area contributed by atoms with Crippen molar-refractivity contribution in [3.63, 3.8) is 0 Å². The molecule has 0 N–H and O–H groups in total. The Bertz CT molecular complexity index is 270. The lowest BCUT2D eigenvalue weighted by atomic mass is 9.50. The second kappa shape index (κ2) is 6.19. The third-order valence-electron chi connectivity index (χ3n) is 6.48. The van der Waals surface area contributed by atoms with E-state index < -0.39 is 0 Å². The highest BCUT2D eigenvalue weighted by Crippen LogP contribution is 2.56. The summed E-state index contributed by atoms with van der Waals surface area (Å²) >= 11 is 0. The maximum absolute atomic E-state index is 2.54. The van der Waals surface area contributed by atoms with Gasteiger partial charge in [0.25, 0.3) is 0 Å². The molecule has 0 amide bonds. The van der Waals surface area contributed by atoms with Crippen LogP contribution in [0.2, 0.25) is 0 Å². The SMILES string of the molecule is CCC(C)(C)CC(C)(C)C(C)(C(C)C)C(C)C(C)C. The highest BCUT2D eigenvalue weighted by atomic mass is 14.5. The van der Waals surface area contributed by atoms with Crippen LogP contribution in [0.3, 0.4) is 0 Å². The molecule has 0 saturated carbocycles. The Morgan fingerprint density at radius 1 is 0.789 bits per heavy atom. The molecule has 0 bridgehead atoms. The molecule has 0 aromatic heterocycles. The van der Waals surface area contributed by atoms with Gasteiger partial charge in [0, 0.05) is 0 Å². The Hall–Kier alpha value is 0. The molecule has 2 atom stereocenters. The Balaban J connectivity index is 5.50. The molecule has 0 aliphatic rings. The van der Waals surface area contributed by atoms with Crippen molar-refractivity contribution in [2.24, 2.45) is 34.0 Å². The van der Waals surface area contributed by atoms with Gasteiger partial charge >= 0.3 is 0 Å². The van der Waals surface area contributed by atoms with Crippen LogP contribution in [0, 0.1) is 34.0 Å². The van der Waals surface area contributed by atoms with Crippen LogP contribution in [-0.2, 0) is 0 Å². The van der Waals surface area contributed by atoms with Crippen molar-refractivity contribution in [1.29, 1.82) is 0 Å². The normalized spacial score (nSPS) is 18.8. The van der Waals surface area contributed by atoms with Gasteiger partial charge in [0.2, 0.25) is 0 Å². The molecule has 0 aromatic carbocycles. The molecule has 0 radical (unpaired) electrons.